The number of carbonyl (C=O) groups excluding carboxylic acids is 2. The molecule has 0 unspecified atom stereocenters. The first-order valence-electron chi connectivity index (χ1n) is 9.42. The number of benzene rings is 3. The van der Waals surface area contributed by atoms with Crippen molar-refractivity contribution in [2.45, 2.75) is 19.8 Å². The van der Waals surface area contributed by atoms with Crippen molar-refractivity contribution < 1.29 is 19.1 Å². The van der Waals surface area contributed by atoms with Gasteiger partial charge in [0.25, 0.3) is 5.91 Å². The second-order valence-electron chi connectivity index (χ2n) is 6.59. The van der Waals surface area contributed by atoms with Gasteiger partial charge in [-0.25, -0.2) is 0 Å². The fraction of sp³-hybridized carbons (Fsp3) is 0.217. The fourth-order valence-corrected chi connectivity index (χ4v) is 2.96. The number of nitrogens with one attached hydrogen (secondary N) is 2. The minimum Gasteiger partial charge on any atom is -0.497 e. The molecular formula is C23H24N2O4. The van der Waals surface area contributed by atoms with Crippen LogP contribution in [0.15, 0.2) is 60.7 Å². The van der Waals surface area contributed by atoms with Crippen LogP contribution < -0.4 is 20.3 Å². The number of rotatable bonds is 6. The van der Waals surface area contributed by atoms with Crippen LogP contribution in [-0.4, -0.2) is 25.5 Å². The molecule has 0 spiro atoms. The molecule has 29 heavy (non-hydrogen) atoms. The summed E-state index contributed by atoms with van der Waals surface area (Å²) in [4.78, 5) is 24.7. The van der Waals surface area contributed by atoms with Crippen LogP contribution in [-0.2, 0) is 4.79 Å². The van der Waals surface area contributed by atoms with Gasteiger partial charge in [-0.05, 0) is 66.6 Å². The summed E-state index contributed by atoms with van der Waals surface area (Å²) in [6.07, 6.45) is 0. The van der Waals surface area contributed by atoms with Gasteiger partial charge in [0.15, 0.2) is 0 Å². The SMILES string of the molecule is CCOc1ccc(C(=O)NNC(=O)[C@@H](C)c2ccc3cc(OC)ccc3c2)cc1. The first kappa shape index (κ1) is 20.2. The van der Waals surface area contributed by atoms with Gasteiger partial charge in [-0.3, -0.25) is 20.4 Å². The zero-order chi connectivity index (χ0) is 20.8. The molecule has 150 valence electrons. The smallest absolute Gasteiger partial charge is 0.269 e. The van der Waals surface area contributed by atoms with E-state index in [-0.39, 0.29) is 11.8 Å². The molecule has 6 heteroatoms. The minimum atomic E-state index is -0.429. The second kappa shape index (κ2) is 9.10. The van der Waals surface area contributed by atoms with E-state index in [0.29, 0.717) is 17.9 Å². The number of hydrazine groups is 1. The molecule has 3 rings (SSSR count). The summed E-state index contributed by atoms with van der Waals surface area (Å²) in [7, 11) is 1.63. The van der Waals surface area contributed by atoms with Crippen molar-refractivity contribution in [1.29, 1.82) is 0 Å². The largest absolute Gasteiger partial charge is 0.497 e. The van der Waals surface area contributed by atoms with Gasteiger partial charge in [-0.15, -0.1) is 0 Å². The van der Waals surface area contributed by atoms with Crippen molar-refractivity contribution in [3.8, 4) is 11.5 Å². The summed E-state index contributed by atoms with van der Waals surface area (Å²) in [5, 5.41) is 2.05. The highest BCUT2D eigenvalue weighted by Gasteiger charge is 2.17. The maximum atomic E-state index is 12.5. The van der Waals surface area contributed by atoms with Crippen molar-refractivity contribution in [3.05, 3.63) is 71.8 Å². The van der Waals surface area contributed by atoms with E-state index >= 15 is 0 Å². The number of fused-ring (bicyclic) bond motifs is 1. The molecule has 0 aromatic heterocycles. The molecule has 0 bridgehead atoms. The topological polar surface area (TPSA) is 76.7 Å². The Morgan fingerprint density at radius 3 is 2.24 bits per heavy atom. The zero-order valence-electron chi connectivity index (χ0n) is 16.7. The molecule has 0 aliphatic rings. The van der Waals surface area contributed by atoms with Crippen LogP contribution in [0, 0.1) is 0 Å². The Hall–Kier alpha value is -3.54. The van der Waals surface area contributed by atoms with Crippen molar-refractivity contribution >= 4 is 22.6 Å². The van der Waals surface area contributed by atoms with Gasteiger partial charge in [-0.2, -0.15) is 0 Å². The monoisotopic (exact) mass is 392 g/mol. The Balaban J connectivity index is 1.62. The van der Waals surface area contributed by atoms with E-state index in [1.807, 2.05) is 43.3 Å². The summed E-state index contributed by atoms with van der Waals surface area (Å²) in [5.41, 5.74) is 6.24. The summed E-state index contributed by atoms with van der Waals surface area (Å²) < 4.78 is 10.6. The lowest BCUT2D eigenvalue weighted by Gasteiger charge is -2.14. The van der Waals surface area contributed by atoms with Gasteiger partial charge >= 0.3 is 0 Å². The van der Waals surface area contributed by atoms with E-state index in [9.17, 15) is 9.59 Å². The number of hydrogen-bond donors (Lipinski definition) is 2. The van der Waals surface area contributed by atoms with E-state index in [0.717, 1.165) is 22.1 Å². The van der Waals surface area contributed by atoms with Crippen LogP contribution in [0.4, 0.5) is 0 Å². The number of amides is 2. The molecule has 0 heterocycles. The highest BCUT2D eigenvalue weighted by Crippen LogP contribution is 2.25. The van der Waals surface area contributed by atoms with E-state index in [2.05, 4.69) is 10.9 Å². The quantitative estimate of drug-likeness (QED) is 0.626. The standard InChI is InChI=1S/C23H24N2O4/c1-4-29-20-10-7-16(8-11-20)23(27)25-24-22(26)15(2)17-5-6-19-14-21(28-3)12-9-18(19)13-17/h5-15H,4H2,1-3H3,(H,24,26)(H,25,27)/t15-/m0/s1. The predicted molar refractivity (Wildman–Crippen MR) is 112 cm³/mol. The first-order chi connectivity index (χ1) is 14.0. The van der Waals surface area contributed by atoms with Crippen molar-refractivity contribution in [1.82, 2.24) is 10.9 Å². The third kappa shape index (κ3) is 4.85. The molecule has 0 saturated carbocycles. The van der Waals surface area contributed by atoms with Crippen LogP contribution in [0.25, 0.3) is 10.8 Å². The molecule has 1 atom stereocenters. The van der Waals surface area contributed by atoms with Gasteiger partial charge in [0.2, 0.25) is 5.91 Å². The third-order valence-corrected chi connectivity index (χ3v) is 4.69. The average molecular weight is 392 g/mol. The Labute approximate surface area is 169 Å². The Morgan fingerprint density at radius 1 is 0.897 bits per heavy atom. The second-order valence-corrected chi connectivity index (χ2v) is 6.59. The fourth-order valence-electron chi connectivity index (χ4n) is 2.96. The molecule has 0 radical (unpaired) electrons. The zero-order valence-corrected chi connectivity index (χ0v) is 16.7. The predicted octanol–water partition coefficient (Wildman–Crippen LogP) is 3.81. The summed E-state index contributed by atoms with van der Waals surface area (Å²) in [6.45, 7) is 4.24. The maximum Gasteiger partial charge on any atom is 0.269 e. The van der Waals surface area contributed by atoms with E-state index in [1.165, 1.54) is 0 Å². The third-order valence-electron chi connectivity index (χ3n) is 4.69. The maximum absolute atomic E-state index is 12.5. The molecule has 0 saturated heterocycles. The molecule has 6 nitrogen and oxygen atoms in total. The number of methoxy groups -OCH3 is 1. The summed E-state index contributed by atoms with van der Waals surface area (Å²) in [5.74, 6) is 0.363. The molecule has 0 aliphatic heterocycles. The molecule has 2 amide bonds. The lowest BCUT2D eigenvalue weighted by molar-refractivity contribution is -0.123. The normalized spacial score (nSPS) is 11.6. The lowest BCUT2D eigenvalue weighted by Crippen LogP contribution is -2.43. The Morgan fingerprint density at radius 2 is 1.55 bits per heavy atom. The van der Waals surface area contributed by atoms with Crippen LogP contribution in [0.1, 0.15) is 35.7 Å². The highest BCUT2D eigenvalue weighted by atomic mass is 16.5. The summed E-state index contributed by atoms with van der Waals surface area (Å²) in [6, 6.07) is 18.3. The van der Waals surface area contributed by atoms with Gasteiger partial charge in [0.1, 0.15) is 11.5 Å². The molecular weight excluding hydrogens is 368 g/mol. The van der Waals surface area contributed by atoms with Gasteiger partial charge in [0, 0.05) is 5.56 Å². The van der Waals surface area contributed by atoms with E-state index < -0.39 is 5.92 Å². The molecule has 0 aliphatic carbocycles. The van der Waals surface area contributed by atoms with Crippen molar-refractivity contribution in [2.75, 3.05) is 13.7 Å². The van der Waals surface area contributed by atoms with Gasteiger partial charge < -0.3 is 9.47 Å². The van der Waals surface area contributed by atoms with Crippen LogP contribution in [0.3, 0.4) is 0 Å². The first-order valence-corrected chi connectivity index (χ1v) is 9.42. The van der Waals surface area contributed by atoms with E-state index in [4.69, 9.17) is 9.47 Å². The molecule has 2 N–H and O–H groups in total. The number of carbonyl (C=O) groups is 2. The number of ether oxygens (including phenoxy) is 2. The highest BCUT2D eigenvalue weighted by molar-refractivity contribution is 5.96. The van der Waals surface area contributed by atoms with Crippen LogP contribution >= 0.6 is 0 Å². The minimum absolute atomic E-state index is 0.294. The van der Waals surface area contributed by atoms with Crippen LogP contribution in [0.5, 0.6) is 11.5 Å². The Bertz CT molecular complexity index is 1020. The van der Waals surface area contributed by atoms with Gasteiger partial charge in [0.05, 0.1) is 19.6 Å². The van der Waals surface area contributed by atoms with E-state index in [1.54, 1.807) is 38.3 Å². The molecule has 3 aromatic rings. The molecule has 0 fully saturated rings. The lowest BCUT2D eigenvalue weighted by atomic mass is 9.97. The summed E-state index contributed by atoms with van der Waals surface area (Å²) >= 11 is 0. The number of hydrogen-bond acceptors (Lipinski definition) is 4. The van der Waals surface area contributed by atoms with Crippen molar-refractivity contribution in [3.63, 3.8) is 0 Å². The Kier molecular flexibility index (Phi) is 6.34. The molecule has 3 aromatic carbocycles. The van der Waals surface area contributed by atoms with Gasteiger partial charge in [-0.1, -0.05) is 24.3 Å². The van der Waals surface area contributed by atoms with Crippen molar-refractivity contribution in [2.24, 2.45) is 0 Å². The average Bonchev–Trinajstić information content (AvgIpc) is 2.76. The van der Waals surface area contributed by atoms with Crippen LogP contribution in [0.2, 0.25) is 0 Å².